The summed E-state index contributed by atoms with van der Waals surface area (Å²) < 4.78 is 5.67. The zero-order valence-electron chi connectivity index (χ0n) is 33.2. The fourth-order valence-electron chi connectivity index (χ4n) is 5.39. The van der Waals surface area contributed by atoms with E-state index in [4.69, 9.17) is 85.9 Å². The zero-order valence-corrected chi connectivity index (χ0v) is 38.5. The smallest absolute Gasteiger partial charge is 0.258 e. The topological polar surface area (TPSA) is 209 Å². The molecule has 64 heavy (non-hydrogen) atoms. The summed E-state index contributed by atoms with van der Waals surface area (Å²) in [6, 6.07) is 18.6. The van der Waals surface area contributed by atoms with Gasteiger partial charge < -0.3 is 26.0 Å². The molecule has 5 aromatic carbocycles. The third-order valence-electron chi connectivity index (χ3n) is 8.47. The summed E-state index contributed by atoms with van der Waals surface area (Å²) in [5.74, 6) is -4.60. The summed E-state index contributed by atoms with van der Waals surface area (Å²) in [7, 11) is 0. The number of benzene rings is 5. The number of Topliss-reactive ketones (excluding diaryl/α,β-unsaturated/α-hetero) is 2. The predicted molar refractivity (Wildman–Crippen MR) is 249 cm³/mol. The van der Waals surface area contributed by atoms with Crippen LogP contribution in [0.15, 0.2) is 111 Å². The maximum Gasteiger partial charge on any atom is 0.258 e. The zero-order chi connectivity index (χ0) is 46.8. The molecule has 3 atom stereocenters. The van der Waals surface area contributed by atoms with Crippen molar-refractivity contribution >= 4 is 151 Å². The molecule has 0 aromatic heterocycles. The Morgan fingerprint density at radius 1 is 0.531 bits per heavy atom. The van der Waals surface area contributed by atoms with Gasteiger partial charge in [0.05, 0.1) is 58.3 Å². The van der Waals surface area contributed by atoms with E-state index in [0.29, 0.717) is 0 Å². The number of carbonyl (C=O) groups is 6. The molecule has 5 aromatic rings. The van der Waals surface area contributed by atoms with Crippen molar-refractivity contribution in [3.05, 3.63) is 132 Å². The van der Waals surface area contributed by atoms with Crippen LogP contribution in [0.3, 0.4) is 0 Å². The lowest BCUT2D eigenvalue weighted by Crippen LogP contribution is -2.32. The van der Waals surface area contributed by atoms with Gasteiger partial charge in [0.2, 0.25) is 12.1 Å². The number of ketones is 2. The van der Waals surface area contributed by atoms with Gasteiger partial charge in [-0.25, -0.2) is 0 Å². The number of nitrogens with one attached hydrogen (secondary N) is 4. The van der Waals surface area contributed by atoms with Crippen LogP contribution < -0.4 is 26.0 Å². The summed E-state index contributed by atoms with van der Waals surface area (Å²) in [5, 5.41) is 26.5. The van der Waals surface area contributed by atoms with Crippen molar-refractivity contribution in [3.63, 3.8) is 0 Å². The molecule has 0 bridgehead atoms. The Kier molecular flexibility index (Phi) is 17.2. The quantitative estimate of drug-likeness (QED) is 0.0426. The van der Waals surface area contributed by atoms with Crippen LogP contribution in [0.25, 0.3) is 0 Å². The predicted octanol–water partition coefficient (Wildman–Crippen LogP) is 12.4. The van der Waals surface area contributed by atoms with Crippen molar-refractivity contribution in [1.82, 2.24) is 0 Å². The average molecular weight is 1010 g/mol. The van der Waals surface area contributed by atoms with E-state index >= 15 is 0 Å². The Balaban J connectivity index is 1.30. The van der Waals surface area contributed by atoms with Gasteiger partial charge in [-0.15, -0.1) is 0 Å². The number of carbonyl (C=O) groups excluding carboxylic acids is 6. The molecule has 0 fully saturated rings. The third-order valence-corrected chi connectivity index (χ3v) is 11.0. The Hall–Kier alpha value is -5.65. The molecule has 4 N–H and O–H groups in total. The summed E-state index contributed by atoms with van der Waals surface area (Å²) in [5.41, 5.74) is -0.502. The SMILES string of the molecule is CC(=O)C(N=Nc1cccc(C(=O)Nc2cccc(Cl)c2Cl)c1Cl)C(=O)Nc1ccc(NC(=O)C(N=Nc2cccc(C(=O)Nc3cccc(Cl)c3Cl)c2Cl)C(C)=O)c(OC(C)Cl)c1. The Morgan fingerprint density at radius 3 is 1.41 bits per heavy atom. The lowest BCUT2D eigenvalue weighted by atomic mass is 10.1. The highest BCUT2D eigenvalue weighted by Crippen LogP contribution is 2.35. The van der Waals surface area contributed by atoms with E-state index in [1.807, 2.05) is 0 Å². The normalized spacial score (nSPS) is 12.6. The second-order valence-corrected chi connectivity index (χ2v) is 16.1. The van der Waals surface area contributed by atoms with Crippen molar-refractivity contribution in [2.75, 3.05) is 21.3 Å². The molecular weight excluding hydrogens is 977 g/mol. The summed E-state index contributed by atoms with van der Waals surface area (Å²) in [6.07, 6.45) is 0. The van der Waals surface area contributed by atoms with E-state index in [-0.39, 0.29) is 81.1 Å². The van der Waals surface area contributed by atoms with Crippen LogP contribution in [-0.4, -0.2) is 52.8 Å². The highest BCUT2D eigenvalue weighted by Gasteiger charge is 2.27. The molecule has 5 rings (SSSR count). The summed E-state index contributed by atoms with van der Waals surface area (Å²) >= 11 is 43.6. The molecule has 330 valence electrons. The molecule has 15 nitrogen and oxygen atoms in total. The monoisotopic (exact) mass is 1000 g/mol. The fraction of sp³-hybridized carbons (Fsp3) is 0.143. The van der Waals surface area contributed by atoms with Gasteiger partial charge in [0.25, 0.3) is 23.6 Å². The molecule has 0 aliphatic heterocycles. The first kappa shape index (κ1) is 49.4. The lowest BCUT2D eigenvalue weighted by Gasteiger charge is -2.17. The molecule has 0 heterocycles. The standard InChI is InChI=1S/C42H31Cl7N8O7/c1-19(58)37(56-54-30-14-4-8-23(33(30)46)39(60)52-28-12-6-10-25(44)35(28)48)41(62)50-22-16-17-27(32(18-22)64-21(3)43)51-42(63)38(20(2)59)57-55-31-15-5-9-24(34(31)47)40(61)53-29-13-7-11-26(45)36(29)49/h4-18,21,37-38H,1-3H3,(H,50,62)(H,51,63)(H,52,60)(H,53,61). The minimum Gasteiger partial charge on any atom is -0.473 e. The molecule has 0 radical (unpaired) electrons. The van der Waals surface area contributed by atoms with Crippen molar-refractivity contribution in [2.45, 2.75) is 38.4 Å². The van der Waals surface area contributed by atoms with Crippen LogP contribution in [0, 0.1) is 0 Å². The number of rotatable bonds is 16. The molecule has 3 unspecified atom stereocenters. The summed E-state index contributed by atoms with van der Waals surface area (Å²) in [6.45, 7) is 3.72. The Bertz CT molecular complexity index is 2740. The molecule has 22 heteroatoms. The minimum absolute atomic E-state index is 0.00678. The van der Waals surface area contributed by atoms with Gasteiger partial charge in [-0.1, -0.05) is 105 Å². The molecule has 0 aliphatic rings. The average Bonchev–Trinajstić information content (AvgIpc) is 3.23. The van der Waals surface area contributed by atoms with Crippen molar-refractivity contribution < 1.29 is 33.5 Å². The van der Waals surface area contributed by atoms with E-state index < -0.39 is 52.8 Å². The molecule has 4 amide bonds. The molecule has 0 spiro atoms. The Labute approximate surface area is 399 Å². The minimum atomic E-state index is -1.70. The number of hydrogen-bond donors (Lipinski definition) is 4. The van der Waals surface area contributed by atoms with Crippen LogP contribution in [0.4, 0.5) is 34.1 Å². The number of ether oxygens (including phenoxy) is 1. The lowest BCUT2D eigenvalue weighted by molar-refractivity contribution is -0.127. The van der Waals surface area contributed by atoms with E-state index in [9.17, 15) is 28.8 Å². The first-order chi connectivity index (χ1) is 30.4. The second-order valence-electron chi connectivity index (χ2n) is 13.2. The van der Waals surface area contributed by atoms with Gasteiger partial charge in [0, 0.05) is 11.8 Å². The number of amides is 4. The third kappa shape index (κ3) is 12.5. The largest absolute Gasteiger partial charge is 0.473 e. The van der Waals surface area contributed by atoms with Gasteiger partial charge in [-0.3, -0.25) is 28.8 Å². The van der Waals surface area contributed by atoms with E-state index in [1.54, 1.807) is 36.4 Å². The van der Waals surface area contributed by atoms with Crippen molar-refractivity contribution in [3.8, 4) is 5.75 Å². The van der Waals surface area contributed by atoms with Crippen LogP contribution in [0.2, 0.25) is 30.1 Å². The van der Waals surface area contributed by atoms with Gasteiger partial charge in [0.15, 0.2) is 17.1 Å². The summed E-state index contributed by atoms with van der Waals surface area (Å²) in [4.78, 5) is 78.3. The van der Waals surface area contributed by atoms with Crippen LogP contribution in [0.5, 0.6) is 5.75 Å². The number of nitrogens with zero attached hydrogens (tertiary/aromatic N) is 4. The number of hydrogen-bond acceptors (Lipinski definition) is 11. The van der Waals surface area contributed by atoms with E-state index in [2.05, 4.69) is 41.7 Å². The van der Waals surface area contributed by atoms with Gasteiger partial charge in [0.1, 0.15) is 17.1 Å². The fourth-order valence-corrected chi connectivity index (χ4v) is 6.68. The number of halogens is 7. The molecule has 0 saturated carbocycles. The number of anilines is 4. The molecule has 0 saturated heterocycles. The second kappa shape index (κ2) is 22.3. The molecule has 0 aliphatic carbocycles. The van der Waals surface area contributed by atoms with Crippen LogP contribution >= 0.6 is 81.2 Å². The highest BCUT2D eigenvalue weighted by atomic mass is 35.5. The number of azo groups is 2. The van der Waals surface area contributed by atoms with Gasteiger partial charge in [-0.2, -0.15) is 20.5 Å². The molecular formula is C42H31Cl7N8O7. The van der Waals surface area contributed by atoms with Gasteiger partial charge in [-0.05, 0) is 81.4 Å². The Morgan fingerprint density at radius 2 is 0.969 bits per heavy atom. The first-order valence-corrected chi connectivity index (χ1v) is 21.0. The van der Waals surface area contributed by atoms with Crippen molar-refractivity contribution in [1.29, 1.82) is 0 Å². The maximum absolute atomic E-state index is 13.5. The van der Waals surface area contributed by atoms with E-state index in [1.165, 1.54) is 61.5 Å². The number of alkyl halides is 1. The van der Waals surface area contributed by atoms with Gasteiger partial charge >= 0.3 is 0 Å². The van der Waals surface area contributed by atoms with Crippen LogP contribution in [0.1, 0.15) is 41.5 Å². The maximum atomic E-state index is 13.5. The first-order valence-electron chi connectivity index (χ1n) is 18.3. The van der Waals surface area contributed by atoms with Crippen LogP contribution in [-0.2, 0) is 19.2 Å². The van der Waals surface area contributed by atoms with E-state index in [0.717, 1.165) is 13.8 Å². The van der Waals surface area contributed by atoms with Crippen molar-refractivity contribution in [2.24, 2.45) is 20.5 Å². The highest BCUT2D eigenvalue weighted by molar-refractivity contribution is 6.45.